The standard InChI is InChI=1S/C19H23N5O2S/c1-25-17-9-16(24-11-13-5-2-3-6-14(13)12-24)21-18(22-17)23-19(27)20-10-15-7-4-8-26-15/h2-3,5-6,9,15H,4,7-8,10-12H2,1H3,(H2,20,21,22,23,27). The van der Waals surface area contributed by atoms with E-state index in [0.717, 1.165) is 38.4 Å². The van der Waals surface area contributed by atoms with Gasteiger partial charge in [-0.25, -0.2) is 0 Å². The molecule has 0 saturated carbocycles. The maximum absolute atomic E-state index is 5.60. The molecule has 1 atom stereocenters. The Morgan fingerprint density at radius 1 is 1.30 bits per heavy atom. The quantitative estimate of drug-likeness (QED) is 0.761. The van der Waals surface area contributed by atoms with E-state index in [0.29, 0.717) is 23.5 Å². The van der Waals surface area contributed by atoms with Gasteiger partial charge in [-0.2, -0.15) is 9.97 Å². The molecule has 142 valence electrons. The molecule has 3 heterocycles. The van der Waals surface area contributed by atoms with E-state index in [1.165, 1.54) is 11.1 Å². The summed E-state index contributed by atoms with van der Waals surface area (Å²) in [6, 6.07) is 10.3. The molecule has 0 spiro atoms. The number of fused-ring (bicyclic) bond motifs is 1. The summed E-state index contributed by atoms with van der Waals surface area (Å²) < 4.78 is 11.0. The summed E-state index contributed by atoms with van der Waals surface area (Å²) in [5.74, 6) is 1.73. The molecule has 2 aliphatic heterocycles. The maximum Gasteiger partial charge on any atom is 0.234 e. The third-order valence-electron chi connectivity index (χ3n) is 4.80. The molecule has 1 fully saturated rings. The molecule has 27 heavy (non-hydrogen) atoms. The molecular weight excluding hydrogens is 362 g/mol. The number of ether oxygens (including phenoxy) is 2. The van der Waals surface area contributed by atoms with Crippen molar-refractivity contribution in [2.24, 2.45) is 0 Å². The number of aromatic nitrogens is 2. The van der Waals surface area contributed by atoms with Crippen molar-refractivity contribution in [3.63, 3.8) is 0 Å². The largest absolute Gasteiger partial charge is 0.481 e. The Labute approximate surface area is 164 Å². The summed E-state index contributed by atoms with van der Waals surface area (Å²) in [5, 5.41) is 6.72. The van der Waals surface area contributed by atoms with Gasteiger partial charge in [0.25, 0.3) is 0 Å². The fourth-order valence-electron chi connectivity index (χ4n) is 3.39. The van der Waals surface area contributed by atoms with Crippen molar-refractivity contribution >= 4 is 29.1 Å². The molecule has 0 amide bonds. The van der Waals surface area contributed by atoms with Gasteiger partial charge in [-0.05, 0) is 36.2 Å². The number of thiocarbonyl (C=S) groups is 1. The third-order valence-corrected chi connectivity index (χ3v) is 5.05. The lowest BCUT2D eigenvalue weighted by Crippen LogP contribution is -2.35. The second-order valence-electron chi connectivity index (χ2n) is 6.69. The average molecular weight is 385 g/mol. The molecule has 1 aromatic carbocycles. The molecule has 4 rings (SSSR count). The lowest BCUT2D eigenvalue weighted by Gasteiger charge is -2.19. The highest BCUT2D eigenvalue weighted by Crippen LogP contribution is 2.29. The molecule has 0 radical (unpaired) electrons. The van der Waals surface area contributed by atoms with Gasteiger partial charge in [-0.1, -0.05) is 24.3 Å². The zero-order chi connectivity index (χ0) is 18.6. The Balaban J connectivity index is 1.44. The van der Waals surface area contributed by atoms with E-state index in [-0.39, 0.29) is 6.10 Å². The molecule has 1 unspecified atom stereocenters. The van der Waals surface area contributed by atoms with Crippen LogP contribution in [0.15, 0.2) is 30.3 Å². The van der Waals surface area contributed by atoms with E-state index in [1.54, 1.807) is 7.11 Å². The van der Waals surface area contributed by atoms with Crippen molar-refractivity contribution < 1.29 is 9.47 Å². The first-order valence-corrected chi connectivity index (χ1v) is 9.53. The number of nitrogens with one attached hydrogen (secondary N) is 2. The van der Waals surface area contributed by atoms with E-state index in [4.69, 9.17) is 21.7 Å². The van der Waals surface area contributed by atoms with Crippen LogP contribution in [0.4, 0.5) is 11.8 Å². The van der Waals surface area contributed by atoms with Gasteiger partial charge in [-0.3, -0.25) is 0 Å². The predicted molar refractivity (Wildman–Crippen MR) is 108 cm³/mol. The van der Waals surface area contributed by atoms with Crippen LogP contribution in [-0.2, 0) is 17.8 Å². The van der Waals surface area contributed by atoms with E-state index in [9.17, 15) is 0 Å². The Kier molecular flexibility index (Phi) is 5.35. The Bertz CT molecular complexity index is 800. The van der Waals surface area contributed by atoms with E-state index < -0.39 is 0 Å². The summed E-state index contributed by atoms with van der Waals surface area (Å²) in [6.45, 7) is 3.15. The van der Waals surface area contributed by atoms with Gasteiger partial charge in [0, 0.05) is 32.3 Å². The molecule has 2 aromatic rings. The molecule has 8 heteroatoms. The monoisotopic (exact) mass is 385 g/mol. The number of rotatable bonds is 5. The van der Waals surface area contributed by atoms with Crippen LogP contribution in [0.2, 0.25) is 0 Å². The third kappa shape index (κ3) is 4.28. The van der Waals surface area contributed by atoms with Crippen molar-refractivity contribution in [1.29, 1.82) is 0 Å². The van der Waals surface area contributed by atoms with Crippen molar-refractivity contribution in [2.45, 2.75) is 32.0 Å². The van der Waals surface area contributed by atoms with E-state index >= 15 is 0 Å². The van der Waals surface area contributed by atoms with Crippen LogP contribution in [0.3, 0.4) is 0 Å². The number of anilines is 2. The van der Waals surface area contributed by atoms with Gasteiger partial charge in [0.2, 0.25) is 11.8 Å². The molecule has 1 aromatic heterocycles. The lowest BCUT2D eigenvalue weighted by molar-refractivity contribution is 0.114. The van der Waals surface area contributed by atoms with E-state index in [2.05, 4.69) is 49.8 Å². The average Bonchev–Trinajstić information content (AvgIpc) is 3.35. The van der Waals surface area contributed by atoms with Gasteiger partial charge >= 0.3 is 0 Å². The minimum Gasteiger partial charge on any atom is -0.481 e. The summed E-state index contributed by atoms with van der Waals surface area (Å²) in [4.78, 5) is 11.2. The summed E-state index contributed by atoms with van der Waals surface area (Å²) in [6.07, 6.45) is 2.38. The smallest absolute Gasteiger partial charge is 0.234 e. The second-order valence-corrected chi connectivity index (χ2v) is 7.10. The summed E-state index contributed by atoms with van der Waals surface area (Å²) in [7, 11) is 1.60. The van der Waals surface area contributed by atoms with Crippen molar-refractivity contribution in [3.05, 3.63) is 41.5 Å². The van der Waals surface area contributed by atoms with Crippen LogP contribution in [0.5, 0.6) is 5.88 Å². The molecule has 2 N–H and O–H groups in total. The van der Waals surface area contributed by atoms with Crippen molar-refractivity contribution in [3.8, 4) is 5.88 Å². The first-order valence-electron chi connectivity index (χ1n) is 9.12. The van der Waals surface area contributed by atoms with Gasteiger partial charge < -0.3 is 25.0 Å². The van der Waals surface area contributed by atoms with Crippen LogP contribution >= 0.6 is 12.2 Å². The van der Waals surface area contributed by atoms with Crippen molar-refractivity contribution in [2.75, 3.05) is 30.5 Å². The van der Waals surface area contributed by atoms with Gasteiger partial charge in [0.1, 0.15) is 5.82 Å². The number of methoxy groups -OCH3 is 1. The molecule has 0 aliphatic carbocycles. The SMILES string of the molecule is COc1cc(N2Cc3ccccc3C2)nc(NC(=S)NCC2CCCO2)n1. The Morgan fingerprint density at radius 3 is 2.74 bits per heavy atom. The Hall–Kier alpha value is -2.45. The minimum absolute atomic E-state index is 0.217. The number of hydrogen-bond acceptors (Lipinski definition) is 6. The normalized spacial score (nSPS) is 18.3. The highest BCUT2D eigenvalue weighted by molar-refractivity contribution is 7.80. The number of nitrogens with zero attached hydrogens (tertiary/aromatic N) is 3. The van der Waals surface area contributed by atoms with Crippen LogP contribution in [0, 0.1) is 0 Å². The zero-order valence-corrected chi connectivity index (χ0v) is 16.1. The first kappa shape index (κ1) is 17.9. The Morgan fingerprint density at radius 2 is 2.07 bits per heavy atom. The number of hydrogen-bond donors (Lipinski definition) is 2. The lowest BCUT2D eigenvalue weighted by atomic mass is 10.1. The zero-order valence-electron chi connectivity index (χ0n) is 15.3. The van der Waals surface area contributed by atoms with Gasteiger partial charge in [0.05, 0.1) is 13.2 Å². The van der Waals surface area contributed by atoms with Crippen LogP contribution in [0.25, 0.3) is 0 Å². The van der Waals surface area contributed by atoms with Crippen LogP contribution in [-0.4, -0.2) is 41.4 Å². The number of benzene rings is 1. The van der Waals surface area contributed by atoms with Gasteiger partial charge in [-0.15, -0.1) is 0 Å². The van der Waals surface area contributed by atoms with Crippen LogP contribution < -0.4 is 20.3 Å². The molecule has 2 aliphatic rings. The predicted octanol–water partition coefficient (Wildman–Crippen LogP) is 2.47. The fraction of sp³-hybridized carbons (Fsp3) is 0.421. The van der Waals surface area contributed by atoms with Gasteiger partial charge in [0.15, 0.2) is 5.11 Å². The summed E-state index contributed by atoms with van der Waals surface area (Å²) >= 11 is 5.37. The maximum atomic E-state index is 5.60. The molecule has 7 nitrogen and oxygen atoms in total. The molecule has 1 saturated heterocycles. The second kappa shape index (κ2) is 8.06. The summed E-state index contributed by atoms with van der Waals surface area (Å²) in [5.41, 5.74) is 2.64. The van der Waals surface area contributed by atoms with Crippen LogP contribution in [0.1, 0.15) is 24.0 Å². The fourth-order valence-corrected chi connectivity index (χ4v) is 3.56. The highest BCUT2D eigenvalue weighted by Gasteiger charge is 2.21. The topological polar surface area (TPSA) is 71.5 Å². The molecular formula is C19H23N5O2S. The minimum atomic E-state index is 0.217. The highest BCUT2D eigenvalue weighted by atomic mass is 32.1. The van der Waals surface area contributed by atoms with Crippen molar-refractivity contribution in [1.82, 2.24) is 15.3 Å². The first-order chi connectivity index (χ1) is 13.2. The molecule has 0 bridgehead atoms. The van der Waals surface area contributed by atoms with E-state index in [1.807, 2.05) is 6.07 Å².